The van der Waals surface area contributed by atoms with Crippen LogP contribution in [0.15, 0.2) is 67.0 Å². The summed E-state index contributed by atoms with van der Waals surface area (Å²) in [5.74, 6) is -0.554. The van der Waals surface area contributed by atoms with Gasteiger partial charge in [0, 0.05) is 23.7 Å². The smallest absolute Gasteiger partial charge is 0.325 e. The molecule has 4 rings (SSSR count). The molecular weight excluding hydrogens is 419 g/mol. The van der Waals surface area contributed by atoms with Crippen LogP contribution in [-0.2, 0) is 17.4 Å². The molecule has 164 valence electrons. The van der Waals surface area contributed by atoms with Gasteiger partial charge in [-0.2, -0.15) is 23.4 Å². The fourth-order valence-electron chi connectivity index (χ4n) is 3.55. The molecule has 0 aliphatic carbocycles. The summed E-state index contributed by atoms with van der Waals surface area (Å²) in [6.07, 6.45) is -1.72. The van der Waals surface area contributed by atoms with E-state index in [1.807, 2.05) is 37.3 Å². The first-order valence-electron chi connectivity index (χ1n) is 9.85. The Kier molecular flexibility index (Phi) is 5.56. The minimum Gasteiger partial charge on any atom is -0.325 e. The van der Waals surface area contributed by atoms with E-state index in [1.54, 1.807) is 23.9 Å². The van der Waals surface area contributed by atoms with E-state index in [4.69, 9.17) is 0 Å². The van der Waals surface area contributed by atoms with E-state index < -0.39 is 17.6 Å². The number of para-hydroxylation sites is 1. The molecule has 0 saturated carbocycles. The van der Waals surface area contributed by atoms with Crippen molar-refractivity contribution >= 4 is 11.6 Å². The summed E-state index contributed by atoms with van der Waals surface area (Å²) in [6, 6.07) is 14.7. The average Bonchev–Trinajstić information content (AvgIpc) is 3.38. The van der Waals surface area contributed by atoms with E-state index in [0.717, 1.165) is 17.4 Å². The lowest BCUT2D eigenvalue weighted by Gasteiger charge is -2.15. The molecule has 0 spiro atoms. The van der Waals surface area contributed by atoms with Crippen molar-refractivity contribution in [2.45, 2.75) is 26.4 Å². The molecular formula is C23H20F3N5O. The molecule has 2 aromatic heterocycles. The van der Waals surface area contributed by atoms with E-state index in [9.17, 15) is 18.0 Å². The molecule has 4 aromatic rings. The zero-order valence-electron chi connectivity index (χ0n) is 17.4. The number of hydrogen-bond acceptors (Lipinski definition) is 3. The maximum absolute atomic E-state index is 13.7. The number of amides is 1. The van der Waals surface area contributed by atoms with Gasteiger partial charge in [0.1, 0.15) is 0 Å². The molecule has 6 nitrogen and oxygen atoms in total. The van der Waals surface area contributed by atoms with Crippen molar-refractivity contribution in [2.75, 3.05) is 5.32 Å². The lowest BCUT2D eigenvalue weighted by molar-refractivity contribution is -0.137. The van der Waals surface area contributed by atoms with Gasteiger partial charge in [-0.3, -0.25) is 4.79 Å². The van der Waals surface area contributed by atoms with Gasteiger partial charge in [-0.15, -0.1) is 0 Å². The highest BCUT2D eigenvalue weighted by atomic mass is 19.4. The Hall–Kier alpha value is -3.88. The highest BCUT2D eigenvalue weighted by Crippen LogP contribution is 2.36. The molecule has 1 N–H and O–H groups in total. The number of aromatic nitrogens is 4. The number of rotatable bonds is 5. The summed E-state index contributed by atoms with van der Waals surface area (Å²) in [5, 5.41) is 10.9. The van der Waals surface area contributed by atoms with Gasteiger partial charge in [0.05, 0.1) is 34.7 Å². The third-order valence-electron chi connectivity index (χ3n) is 5.13. The highest BCUT2D eigenvalue weighted by molar-refractivity contribution is 5.93. The summed E-state index contributed by atoms with van der Waals surface area (Å²) in [5.41, 5.74) is 1.93. The molecule has 2 heterocycles. The molecule has 0 saturated heterocycles. The minimum absolute atomic E-state index is 0.0945. The first-order valence-corrected chi connectivity index (χ1v) is 9.85. The topological polar surface area (TPSA) is 64.7 Å². The Bertz CT molecular complexity index is 1240. The molecule has 2 aromatic carbocycles. The maximum Gasteiger partial charge on any atom is 0.418 e. The number of anilines is 1. The van der Waals surface area contributed by atoms with Crippen LogP contribution in [0.3, 0.4) is 0 Å². The molecule has 0 aliphatic rings. The maximum atomic E-state index is 13.7. The Labute approximate surface area is 182 Å². The summed E-state index contributed by atoms with van der Waals surface area (Å²) in [4.78, 5) is 12.7. The number of carbonyl (C=O) groups is 1. The Morgan fingerprint density at radius 1 is 1.03 bits per heavy atom. The van der Waals surface area contributed by atoms with Crippen LogP contribution in [0.2, 0.25) is 0 Å². The van der Waals surface area contributed by atoms with Gasteiger partial charge >= 0.3 is 6.18 Å². The lowest BCUT2D eigenvalue weighted by Crippen LogP contribution is -2.19. The summed E-state index contributed by atoms with van der Waals surface area (Å²) in [6.45, 7) is 3.60. The molecule has 0 bridgehead atoms. The van der Waals surface area contributed by atoms with Crippen molar-refractivity contribution < 1.29 is 18.0 Å². The van der Waals surface area contributed by atoms with E-state index in [0.29, 0.717) is 11.3 Å². The van der Waals surface area contributed by atoms with Gasteiger partial charge in [0.25, 0.3) is 0 Å². The molecule has 32 heavy (non-hydrogen) atoms. The number of aryl methyl sites for hydroxylation is 1. The summed E-state index contributed by atoms with van der Waals surface area (Å²) >= 11 is 0. The second-order valence-electron chi connectivity index (χ2n) is 7.30. The first-order chi connectivity index (χ1) is 15.2. The van der Waals surface area contributed by atoms with Crippen molar-refractivity contribution in [1.29, 1.82) is 0 Å². The van der Waals surface area contributed by atoms with Gasteiger partial charge in [-0.1, -0.05) is 18.2 Å². The van der Waals surface area contributed by atoms with Gasteiger partial charge in [0.2, 0.25) is 5.91 Å². The van der Waals surface area contributed by atoms with Crippen LogP contribution in [0, 0.1) is 13.8 Å². The predicted molar refractivity (Wildman–Crippen MR) is 114 cm³/mol. The monoisotopic (exact) mass is 439 g/mol. The fourth-order valence-corrected chi connectivity index (χ4v) is 3.55. The van der Waals surface area contributed by atoms with Crippen LogP contribution >= 0.6 is 0 Å². The van der Waals surface area contributed by atoms with E-state index >= 15 is 0 Å². The second-order valence-corrected chi connectivity index (χ2v) is 7.30. The third kappa shape index (κ3) is 4.27. The number of nitrogens with one attached hydrogen (secondary N) is 1. The van der Waals surface area contributed by atoms with Gasteiger partial charge in [-0.25, -0.2) is 9.36 Å². The Morgan fingerprint density at radius 2 is 1.78 bits per heavy atom. The molecule has 0 aliphatic heterocycles. The standard InChI is InChI=1S/C23H20F3N5O/c1-15-19(16(2)31(29-15)17-7-4-3-5-8-17)14-22(32)28-21-10-9-18(30-12-6-11-27-30)13-20(21)23(24,25)26/h3-13H,14H2,1-2H3,(H,28,32). The van der Waals surface area contributed by atoms with E-state index in [2.05, 4.69) is 15.5 Å². The number of hydrogen-bond donors (Lipinski definition) is 1. The van der Waals surface area contributed by atoms with Crippen LogP contribution in [0.5, 0.6) is 0 Å². The zero-order chi connectivity index (χ0) is 22.9. The fraction of sp³-hybridized carbons (Fsp3) is 0.174. The van der Waals surface area contributed by atoms with Gasteiger partial charge < -0.3 is 5.32 Å². The quantitative estimate of drug-likeness (QED) is 0.482. The molecule has 0 radical (unpaired) electrons. The Balaban J connectivity index is 1.59. The molecule has 9 heteroatoms. The van der Waals surface area contributed by atoms with Crippen LogP contribution in [0.25, 0.3) is 11.4 Å². The molecule has 0 fully saturated rings. The molecule has 1 amide bonds. The van der Waals surface area contributed by atoms with Crippen molar-refractivity contribution in [1.82, 2.24) is 19.6 Å². The minimum atomic E-state index is -4.64. The number of benzene rings is 2. The van der Waals surface area contributed by atoms with Crippen LogP contribution in [0.4, 0.5) is 18.9 Å². The van der Waals surface area contributed by atoms with Gasteiger partial charge in [0.15, 0.2) is 0 Å². The largest absolute Gasteiger partial charge is 0.418 e. The number of nitrogens with zero attached hydrogens (tertiary/aromatic N) is 4. The second kappa shape index (κ2) is 8.33. The van der Waals surface area contributed by atoms with Gasteiger partial charge in [-0.05, 0) is 50.2 Å². The van der Waals surface area contributed by atoms with E-state index in [1.165, 1.54) is 23.0 Å². The Morgan fingerprint density at radius 3 is 2.44 bits per heavy atom. The predicted octanol–water partition coefficient (Wildman–Crippen LogP) is 4.87. The van der Waals surface area contributed by atoms with Crippen molar-refractivity contribution in [3.05, 3.63) is 89.5 Å². The average molecular weight is 439 g/mol. The number of halogens is 3. The van der Waals surface area contributed by atoms with Crippen molar-refractivity contribution in [2.24, 2.45) is 0 Å². The van der Waals surface area contributed by atoms with E-state index in [-0.39, 0.29) is 17.8 Å². The highest BCUT2D eigenvalue weighted by Gasteiger charge is 2.34. The SMILES string of the molecule is Cc1nn(-c2ccccc2)c(C)c1CC(=O)Nc1ccc(-n2cccn2)cc1C(F)(F)F. The van der Waals surface area contributed by atoms with Crippen LogP contribution < -0.4 is 5.32 Å². The summed E-state index contributed by atoms with van der Waals surface area (Å²) in [7, 11) is 0. The third-order valence-corrected chi connectivity index (χ3v) is 5.13. The number of alkyl halides is 3. The zero-order valence-corrected chi connectivity index (χ0v) is 17.4. The lowest BCUT2D eigenvalue weighted by atomic mass is 10.1. The number of carbonyl (C=O) groups excluding carboxylic acids is 1. The molecule has 0 unspecified atom stereocenters. The van der Waals surface area contributed by atoms with Crippen molar-refractivity contribution in [3.8, 4) is 11.4 Å². The molecule has 0 atom stereocenters. The van der Waals surface area contributed by atoms with Crippen LogP contribution in [-0.4, -0.2) is 25.5 Å². The van der Waals surface area contributed by atoms with Crippen LogP contribution in [0.1, 0.15) is 22.5 Å². The summed E-state index contributed by atoms with van der Waals surface area (Å²) < 4.78 is 44.1. The normalized spacial score (nSPS) is 11.5. The van der Waals surface area contributed by atoms with Crippen molar-refractivity contribution in [3.63, 3.8) is 0 Å². The first kappa shape index (κ1) is 21.4.